The zero-order valence-electron chi connectivity index (χ0n) is 13.8. The van der Waals surface area contributed by atoms with Gasteiger partial charge < -0.3 is 9.80 Å². The molecule has 11 heteroatoms. The second kappa shape index (κ2) is 5.69. The fraction of sp³-hybridized carbons (Fsp3) is 0.375. The zero-order valence-corrected chi connectivity index (χ0v) is 14.6. The van der Waals surface area contributed by atoms with E-state index in [1.54, 1.807) is 23.1 Å². The first kappa shape index (κ1) is 16.5. The summed E-state index contributed by atoms with van der Waals surface area (Å²) < 4.78 is 40.3. The average Bonchev–Trinajstić information content (AvgIpc) is 3.35. The number of rotatable bonds is 2. The molecule has 2 unspecified atom stereocenters. The van der Waals surface area contributed by atoms with Crippen molar-refractivity contribution in [3.05, 3.63) is 41.6 Å². The highest BCUT2D eigenvalue weighted by atomic mass is 35.5. The number of halogens is 4. The number of pyridine rings is 1. The molecule has 2 aliphatic heterocycles. The molecule has 2 aliphatic rings. The average molecular weight is 396 g/mol. The van der Waals surface area contributed by atoms with Gasteiger partial charge in [0.25, 0.3) is 0 Å². The fourth-order valence-corrected chi connectivity index (χ4v) is 4.21. The molecule has 140 valence electrons. The van der Waals surface area contributed by atoms with E-state index < -0.39 is 11.7 Å². The highest BCUT2D eigenvalue weighted by Gasteiger charge is 2.45. The Labute approximate surface area is 156 Å². The van der Waals surface area contributed by atoms with Gasteiger partial charge in [-0.15, -0.1) is 10.2 Å². The molecule has 0 spiro atoms. The van der Waals surface area contributed by atoms with Gasteiger partial charge in [0.1, 0.15) is 12.1 Å². The molecular formula is C16H13ClF3N7. The van der Waals surface area contributed by atoms with E-state index in [9.17, 15) is 13.2 Å². The summed E-state index contributed by atoms with van der Waals surface area (Å²) in [7, 11) is 0. The van der Waals surface area contributed by atoms with Crippen LogP contribution in [0.3, 0.4) is 0 Å². The molecule has 2 saturated heterocycles. The normalized spacial score (nSPS) is 22.2. The summed E-state index contributed by atoms with van der Waals surface area (Å²) >= 11 is 6.12. The van der Waals surface area contributed by atoms with Crippen molar-refractivity contribution in [2.24, 2.45) is 0 Å². The van der Waals surface area contributed by atoms with E-state index in [0.717, 1.165) is 24.5 Å². The predicted octanol–water partition coefficient (Wildman–Crippen LogP) is 2.66. The Balaban J connectivity index is 1.41. The Hall–Kier alpha value is -2.62. The molecule has 27 heavy (non-hydrogen) atoms. The maximum Gasteiger partial charge on any atom is 0.417 e. The number of fused-ring (bicyclic) bond motifs is 3. The lowest BCUT2D eigenvalue weighted by Gasteiger charge is -2.35. The first-order chi connectivity index (χ1) is 12.9. The Morgan fingerprint density at radius 2 is 1.81 bits per heavy atom. The maximum atomic E-state index is 12.8. The number of aromatic nitrogens is 5. The molecule has 2 fully saturated rings. The Morgan fingerprint density at radius 1 is 1.07 bits per heavy atom. The molecule has 5 rings (SSSR count). The van der Waals surface area contributed by atoms with Crippen LogP contribution in [0.15, 0.2) is 31.0 Å². The highest BCUT2D eigenvalue weighted by molar-refractivity contribution is 6.33. The van der Waals surface area contributed by atoms with Gasteiger partial charge in [0.05, 0.1) is 22.7 Å². The van der Waals surface area contributed by atoms with Gasteiger partial charge in [-0.25, -0.2) is 9.97 Å². The zero-order chi connectivity index (χ0) is 18.8. The minimum Gasteiger partial charge on any atom is -0.348 e. The van der Waals surface area contributed by atoms with Gasteiger partial charge in [0.15, 0.2) is 5.82 Å². The van der Waals surface area contributed by atoms with Crippen LogP contribution in [-0.4, -0.2) is 49.7 Å². The van der Waals surface area contributed by atoms with Gasteiger partial charge >= 0.3 is 6.18 Å². The summed E-state index contributed by atoms with van der Waals surface area (Å²) in [6.07, 6.45) is 2.33. The molecule has 3 aromatic rings. The number of anilines is 2. The van der Waals surface area contributed by atoms with Crippen LogP contribution in [-0.2, 0) is 6.18 Å². The summed E-state index contributed by atoms with van der Waals surface area (Å²) in [5.41, 5.74) is -0.160. The fourth-order valence-electron chi connectivity index (χ4n) is 3.93. The molecule has 0 aromatic carbocycles. The van der Waals surface area contributed by atoms with E-state index in [0.29, 0.717) is 24.6 Å². The quantitative estimate of drug-likeness (QED) is 0.665. The number of hydrogen-bond donors (Lipinski definition) is 0. The van der Waals surface area contributed by atoms with Gasteiger partial charge in [-0.1, -0.05) is 11.6 Å². The van der Waals surface area contributed by atoms with E-state index in [1.807, 2.05) is 4.90 Å². The van der Waals surface area contributed by atoms with Crippen molar-refractivity contribution < 1.29 is 13.2 Å². The lowest BCUT2D eigenvalue weighted by molar-refractivity contribution is -0.137. The van der Waals surface area contributed by atoms with Crippen molar-refractivity contribution >= 4 is 28.9 Å². The van der Waals surface area contributed by atoms with E-state index in [4.69, 9.17) is 11.6 Å². The van der Waals surface area contributed by atoms with Crippen molar-refractivity contribution in [2.75, 3.05) is 22.9 Å². The standard InChI is InChI=1S/C16H13ClF3N7/c17-12-3-9(16(18,19)20)5-22-13(12)26-6-11-4-10(26)7-27(11)14-15-24-23-8-25(15)2-1-21-14/h1-3,5,8,10-11H,4,6-7H2. The number of hydrogen-bond acceptors (Lipinski definition) is 6. The molecular weight excluding hydrogens is 383 g/mol. The minimum atomic E-state index is -4.46. The lowest BCUT2D eigenvalue weighted by Crippen LogP contribution is -2.47. The third-order valence-corrected chi connectivity index (χ3v) is 5.41. The van der Waals surface area contributed by atoms with Gasteiger partial charge in [0, 0.05) is 31.7 Å². The molecule has 7 nitrogen and oxygen atoms in total. The van der Waals surface area contributed by atoms with Crippen LogP contribution in [0.1, 0.15) is 12.0 Å². The van der Waals surface area contributed by atoms with E-state index >= 15 is 0 Å². The highest BCUT2D eigenvalue weighted by Crippen LogP contribution is 2.40. The Morgan fingerprint density at radius 3 is 2.48 bits per heavy atom. The van der Waals surface area contributed by atoms with Crippen LogP contribution in [0.5, 0.6) is 0 Å². The van der Waals surface area contributed by atoms with Crippen LogP contribution in [0.25, 0.3) is 5.65 Å². The largest absolute Gasteiger partial charge is 0.417 e. The predicted molar refractivity (Wildman–Crippen MR) is 91.9 cm³/mol. The number of nitrogens with zero attached hydrogens (tertiary/aromatic N) is 7. The SMILES string of the molecule is FC(F)(F)c1cnc(N2CC3CC2CN3c2nccn3cnnc23)c(Cl)c1. The third kappa shape index (κ3) is 2.58. The van der Waals surface area contributed by atoms with Crippen molar-refractivity contribution in [1.82, 2.24) is 24.6 Å². The molecule has 5 heterocycles. The Bertz CT molecular complexity index is 1020. The number of piperazine rings is 1. The summed E-state index contributed by atoms with van der Waals surface area (Å²) in [6.45, 7) is 1.28. The Kier molecular flexibility index (Phi) is 3.48. The van der Waals surface area contributed by atoms with Gasteiger partial charge in [-0.2, -0.15) is 13.2 Å². The second-order valence-corrected chi connectivity index (χ2v) is 7.10. The second-order valence-electron chi connectivity index (χ2n) is 6.69. The van der Waals surface area contributed by atoms with Crippen molar-refractivity contribution in [3.8, 4) is 0 Å². The first-order valence-electron chi connectivity index (χ1n) is 8.32. The van der Waals surface area contributed by atoms with Crippen molar-refractivity contribution in [2.45, 2.75) is 24.7 Å². The van der Waals surface area contributed by atoms with Crippen LogP contribution in [0.4, 0.5) is 24.8 Å². The summed E-state index contributed by atoms with van der Waals surface area (Å²) in [6, 6.07) is 1.19. The van der Waals surface area contributed by atoms with Gasteiger partial charge in [-0.05, 0) is 12.5 Å². The number of alkyl halides is 3. The monoisotopic (exact) mass is 395 g/mol. The van der Waals surface area contributed by atoms with Crippen LogP contribution < -0.4 is 9.80 Å². The summed E-state index contributed by atoms with van der Waals surface area (Å²) in [5.74, 6) is 1.15. The van der Waals surface area contributed by atoms with E-state index in [1.165, 1.54) is 0 Å². The van der Waals surface area contributed by atoms with Gasteiger partial charge in [-0.3, -0.25) is 4.40 Å². The van der Waals surface area contributed by atoms with Gasteiger partial charge in [0.2, 0.25) is 5.65 Å². The molecule has 2 atom stereocenters. The molecule has 2 bridgehead atoms. The third-order valence-electron chi connectivity index (χ3n) is 5.13. The van der Waals surface area contributed by atoms with Crippen LogP contribution in [0, 0.1) is 0 Å². The summed E-state index contributed by atoms with van der Waals surface area (Å²) in [5, 5.41) is 8.06. The van der Waals surface area contributed by atoms with Crippen molar-refractivity contribution in [3.63, 3.8) is 0 Å². The maximum absolute atomic E-state index is 12.8. The molecule has 0 amide bonds. The van der Waals surface area contributed by atoms with Crippen molar-refractivity contribution in [1.29, 1.82) is 0 Å². The molecule has 0 saturated carbocycles. The van der Waals surface area contributed by atoms with E-state index in [2.05, 4.69) is 25.1 Å². The van der Waals surface area contributed by atoms with Crippen LogP contribution >= 0.6 is 11.6 Å². The molecule has 0 N–H and O–H groups in total. The molecule has 0 aliphatic carbocycles. The molecule has 3 aromatic heterocycles. The molecule has 0 radical (unpaired) electrons. The van der Waals surface area contributed by atoms with E-state index in [-0.39, 0.29) is 17.1 Å². The van der Waals surface area contributed by atoms with Crippen LogP contribution in [0.2, 0.25) is 5.02 Å². The topological polar surface area (TPSA) is 62.5 Å². The first-order valence-corrected chi connectivity index (χ1v) is 8.70. The lowest BCUT2D eigenvalue weighted by atomic mass is 10.2. The summed E-state index contributed by atoms with van der Waals surface area (Å²) in [4.78, 5) is 12.6. The smallest absolute Gasteiger partial charge is 0.348 e. The minimum absolute atomic E-state index is 0.0154.